The molecule has 0 unspecified atom stereocenters. The van der Waals surface area contributed by atoms with Gasteiger partial charge in [-0.3, -0.25) is 0 Å². The standard InChI is InChI=1S/C6H14BNO3S/c1-6(2)3-4-8-5-12(10,11)7-9/h6,8H,3-5H2,1-2H3. The Labute approximate surface area is 73.8 Å². The van der Waals surface area contributed by atoms with E-state index in [1.54, 1.807) is 0 Å². The minimum absolute atomic E-state index is 0.0185. The minimum atomic E-state index is -3.51. The molecule has 0 heterocycles. The van der Waals surface area contributed by atoms with Gasteiger partial charge in [0.15, 0.2) is 0 Å². The molecular formula is C6H14BNO3S. The van der Waals surface area contributed by atoms with Crippen molar-refractivity contribution in [2.24, 2.45) is 5.92 Å². The van der Waals surface area contributed by atoms with Crippen molar-refractivity contribution in [3.63, 3.8) is 0 Å². The summed E-state index contributed by atoms with van der Waals surface area (Å²) in [5.41, 5.74) is 0. The topological polar surface area (TPSA) is 63.2 Å². The Kier molecular flexibility index (Phi) is 5.32. The van der Waals surface area contributed by atoms with Crippen LogP contribution >= 0.6 is 0 Å². The third-order valence-electron chi connectivity index (χ3n) is 1.35. The number of rotatable bonds is 6. The molecule has 0 atom stereocenters. The zero-order chi connectivity index (χ0) is 9.61. The third-order valence-corrected chi connectivity index (χ3v) is 2.25. The number of hydrogen-bond acceptors (Lipinski definition) is 4. The van der Waals surface area contributed by atoms with Gasteiger partial charge < -0.3 is 0 Å². The molecule has 0 aliphatic carbocycles. The van der Waals surface area contributed by atoms with E-state index in [2.05, 4.69) is 19.2 Å². The van der Waals surface area contributed by atoms with Crippen molar-refractivity contribution >= 4 is 16.1 Å². The molecule has 1 N–H and O–H groups in total. The van der Waals surface area contributed by atoms with Crippen molar-refractivity contribution in [2.45, 2.75) is 20.3 Å². The van der Waals surface area contributed by atoms with Gasteiger partial charge in [0, 0.05) is 0 Å². The zero-order valence-electron chi connectivity index (χ0n) is 7.41. The van der Waals surface area contributed by atoms with Crippen LogP contribution in [-0.4, -0.2) is 27.3 Å². The maximum atomic E-state index is 10.6. The van der Waals surface area contributed by atoms with Crippen molar-refractivity contribution in [2.75, 3.05) is 12.4 Å². The first-order chi connectivity index (χ1) is 5.48. The predicted octanol–water partition coefficient (Wildman–Crippen LogP) is -0.0409. The molecule has 0 rings (SSSR count). The second-order valence-corrected chi connectivity index (χ2v) is 4.89. The quantitative estimate of drug-likeness (QED) is 0.472. The van der Waals surface area contributed by atoms with Gasteiger partial charge in [0.1, 0.15) is 0 Å². The van der Waals surface area contributed by atoms with Crippen molar-refractivity contribution in [1.29, 1.82) is 0 Å². The summed E-state index contributed by atoms with van der Waals surface area (Å²) in [6.07, 6.45) is 0.893. The Bertz CT molecular complexity index is 225. The van der Waals surface area contributed by atoms with Crippen molar-refractivity contribution in [1.82, 2.24) is 5.32 Å². The first-order valence-corrected chi connectivity index (χ1v) is 5.58. The average Bonchev–Trinajstić information content (AvgIpc) is 1.98. The fourth-order valence-electron chi connectivity index (χ4n) is 0.639. The molecule has 0 fully saturated rings. The summed E-state index contributed by atoms with van der Waals surface area (Å²) in [5, 5.41) is 2.69. The van der Waals surface area contributed by atoms with Crippen LogP contribution in [0.25, 0.3) is 0 Å². The Balaban J connectivity index is 3.51. The summed E-state index contributed by atoms with van der Waals surface area (Å²) in [6, 6.07) is 0. The molecule has 0 radical (unpaired) electrons. The molecule has 0 saturated carbocycles. The molecule has 0 aromatic heterocycles. The van der Waals surface area contributed by atoms with Crippen LogP contribution in [0.1, 0.15) is 20.3 Å². The van der Waals surface area contributed by atoms with Crippen molar-refractivity contribution in [3.05, 3.63) is 0 Å². The van der Waals surface area contributed by atoms with Gasteiger partial charge in [-0.15, -0.1) is 0 Å². The van der Waals surface area contributed by atoms with E-state index in [1.165, 1.54) is 0 Å². The number of nitrogens with one attached hydrogen (secondary N) is 1. The SMILES string of the molecule is CC(C)CCNCS(=O)(=O)B=O. The molecule has 0 aliphatic rings. The summed E-state index contributed by atoms with van der Waals surface area (Å²) < 4.78 is 31.2. The molecule has 0 saturated heterocycles. The molecule has 12 heavy (non-hydrogen) atoms. The monoisotopic (exact) mass is 191 g/mol. The van der Waals surface area contributed by atoms with Crippen LogP contribution in [-0.2, 0) is 14.4 Å². The summed E-state index contributed by atoms with van der Waals surface area (Å²) in [4.78, 5) is 0. The van der Waals surface area contributed by atoms with Crippen LogP contribution in [0.2, 0.25) is 0 Å². The van der Waals surface area contributed by atoms with Crippen LogP contribution in [0.3, 0.4) is 0 Å². The van der Waals surface area contributed by atoms with Crippen LogP contribution < -0.4 is 5.32 Å². The Morgan fingerprint density at radius 3 is 2.42 bits per heavy atom. The van der Waals surface area contributed by atoms with E-state index < -0.39 is 9.69 Å². The molecule has 0 aliphatic heterocycles. The molecule has 0 bridgehead atoms. The van der Waals surface area contributed by atoms with Gasteiger partial charge in [0.2, 0.25) is 0 Å². The molecule has 70 valence electrons. The van der Waals surface area contributed by atoms with E-state index in [0.717, 1.165) is 6.42 Å². The van der Waals surface area contributed by atoms with Crippen molar-refractivity contribution in [3.8, 4) is 0 Å². The van der Waals surface area contributed by atoms with Gasteiger partial charge in [-0.2, -0.15) is 0 Å². The van der Waals surface area contributed by atoms with Crippen LogP contribution in [0.15, 0.2) is 0 Å². The fraction of sp³-hybridized carbons (Fsp3) is 1.00. The molecule has 0 amide bonds. The predicted molar refractivity (Wildman–Crippen MR) is 47.7 cm³/mol. The molecular weight excluding hydrogens is 177 g/mol. The van der Waals surface area contributed by atoms with Crippen LogP contribution in [0.4, 0.5) is 0 Å². The Morgan fingerprint density at radius 1 is 1.42 bits per heavy atom. The Morgan fingerprint density at radius 2 is 2.00 bits per heavy atom. The van der Waals surface area contributed by atoms with Gasteiger partial charge >= 0.3 is 73.2 Å². The van der Waals surface area contributed by atoms with E-state index in [-0.39, 0.29) is 12.3 Å². The maximum absolute atomic E-state index is 10.6. The van der Waals surface area contributed by atoms with Crippen molar-refractivity contribution < 1.29 is 13.1 Å². The molecule has 0 aromatic rings. The average molecular weight is 191 g/mol. The number of hydrogen-bond donors (Lipinski definition) is 1. The third kappa shape index (κ3) is 6.48. The second-order valence-electron chi connectivity index (χ2n) is 3.09. The van der Waals surface area contributed by atoms with Crippen LogP contribution in [0.5, 0.6) is 0 Å². The van der Waals surface area contributed by atoms with Gasteiger partial charge in [-0.1, -0.05) is 0 Å². The second kappa shape index (κ2) is 5.43. The summed E-state index contributed by atoms with van der Waals surface area (Å²) >= 11 is 0. The first-order valence-electron chi connectivity index (χ1n) is 3.86. The van der Waals surface area contributed by atoms with E-state index in [1.807, 2.05) is 0 Å². The van der Waals surface area contributed by atoms with Crippen LogP contribution in [0, 0.1) is 5.92 Å². The Hall–Kier alpha value is -0.225. The van der Waals surface area contributed by atoms with Gasteiger partial charge in [0.05, 0.1) is 0 Å². The van der Waals surface area contributed by atoms with Gasteiger partial charge in [-0.05, 0) is 0 Å². The fourth-order valence-corrected chi connectivity index (χ4v) is 1.14. The first kappa shape index (κ1) is 11.8. The molecule has 6 heteroatoms. The summed E-state index contributed by atoms with van der Waals surface area (Å²) in [5.74, 6) is 0.292. The normalized spacial score (nSPS) is 11.6. The van der Waals surface area contributed by atoms with Gasteiger partial charge in [0.25, 0.3) is 0 Å². The zero-order valence-corrected chi connectivity index (χ0v) is 8.23. The van der Waals surface area contributed by atoms with Gasteiger partial charge in [-0.25, -0.2) is 0 Å². The van der Waals surface area contributed by atoms with E-state index in [4.69, 9.17) is 0 Å². The van der Waals surface area contributed by atoms with E-state index >= 15 is 0 Å². The molecule has 0 spiro atoms. The summed E-state index contributed by atoms with van der Waals surface area (Å²) in [7, 11) is -3.51. The molecule has 0 aromatic carbocycles. The van der Waals surface area contributed by atoms with E-state index in [0.29, 0.717) is 12.5 Å². The van der Waals surface area contributed by atoms with E-state index in [9.17, 15) is 13.1 Å². The molecule has 4 nitrogen and oxygen atoms in total. The summed E-state index contributed by atoms with van der Waals surface area (Å²) in [6.45, 7) is 4.73.